The molecule has 0 bridgehead atoms. The molecule has 1 heterocycles. The van der Waals surface area contributed by atoms with Crippen LogP contribution in [0.4, 0.5) is 0 Å². The highest BCUT2D eigenvalue weighted by Gasteiger charge is 2.29. The molecule has 94 valence electrons. The SMILES string of the molecule is COCC1CCCN(C2CCCC(O)C2)C1. The van der Waals surface area contributed by atoms with Crippen LogP contribution in [0, 0.1) is 5.92 Å². The van der Waals surface area contributed by atoms with Crippen molar-refractivity contribution in [2.24, 2.45) is 5.92 Å². The molecule has 0 radical (unpaired) electrons. The third kappa shape index (κ3) is 3.19. The van der Waals surface area contributed by atoms with Gasteiger partial charge in [0.15, 0.2) is 0 Å². The van der Waals surface area contributed by atoms with Crippen molar-refractivity contribution < 1.29 is 9.84 Å². The van der Waals surface area contributed by atoms with Gasteiger partial charge in [0, 0.05) is 19.7 Å². The maximum atomic E-state index is 9.73. The van der Waals surface area contributed by atoms with Gasteiger partial charge in [-0.1, -0.05) is 0 Å². The first-order valence-corrected chi connectivity index (χ1v) is 6.70. The van der Waals surface area contributed by atoms with Crippen molar-refractivity contribution in [2.75, 3.05) is 26.8 Å². The lowest BCUT2D eigenvalue weighted by atomic mass is 9.89. The number of rotatable bonds is 3. The number of aliphatic hydroxyl groups excluding tert-OH is 1. The summed E-state index contributed by atoms with van der Waals surface area (Å²) >= 11 is 0. The van der Waals surface area contributed by atoms with Crippen LogP contribution in [-0.2, 0) is 4.74 Å². The van der Waals surface area contributed by atoms with Crippen LogP contribution in [0.1, 0.15) is 38.5 Å². The number of aliphatic hydroxyl groups is 1. The van der Waals surface area contributed by atoms with Gasteiger partial charge in [0.1, 0.15) is 0 Å². The lowest BCUT2D eigenvalue weighted by molar-refractivity contribution is 0.0244. The van der Waals surface area contributed by atoms with Crippen LogP contribution in [0.25, 0.3) is 0 Å². The maximum Gasteiger partial charge on any atom is 0.0555 e. The normalized spacial score (nSPS) is 37.5. The van der Waals surface area contributed by atoms with E-state index in [0.29, 0.717) is 12.0 Å². The summed E-state index contributed by atoms with van der Waals surface area (Å²) in [5.74, 6) is 0.706. The first-order valence-electron chi connectivity index (χ1n) is 6.70. The van der Waals surface area contributed by atoms with E-state index < -0.39 is 0 Å². The standard InChI is InChI=1S/C13H25NO2/c1-16-10-11-4-3-7-14(9-11)12-5-2-6-13(15)8-12/h11-13,15H,2-10H2,1H3. The highest BCUT2D eigenvalue weighted by molar-refractivity contribution is 4.83. The lowest BCUT2D eigenvalue weighted by Gasteiger charge is -2.40. The van der Waals surface area contributed by atoms with E-state index in [1.807, 2.05) is 0 Å². The minimum absolute atomic E-state index is 0.0541. The molecule has 2 rings (SSSR count). The fourth-order valence-corrected chi connectivity index (χ4v) is 3.27. The summed E-state index contributed by atoms with van der Waals surface area (Å²) in [4.78, 5) is 2.59. The number of nitrogens with zero attached hydrogens (tertiary/aromatic N) is 1. The molecule has 1 saturated carbocycles. The Morgan fingerprint density at radius 1 is 1.25 bits per heavy atom. The van der Waals surface area contributed by atoms with Gasteiger partial charge in [0.2, 0.25) is 0 Å². The van der Waals surface area contributed by atoms with E-state index in [4.69, 9.17) is 4.74 Å². The Morgan fingerprint density at radius 2 is 2.12 bits per heavy atom. The van der Waals surface area contributed by atoms with Gasteiger partial charge in [-0.25, -0.2) is 0 Å². The summed E-state index contributed by atoms with van der Waals surface area (Å²) in [6.45, 7) is 3.29. The molecule has 1 aliphatic carbocycles. The molecular weight excluding hydrogens is 202 g/mol. The Hall–Kier alpha value is -0.120. The van der Waals surface area contributed by atoms with Gasteiger partial charge in [0.25, 0.3) is 0 Å². The molecule has 3 heteroatoms. The number of hydrogen-bond donors (Lipinski definition) is 1. The van der Waals surface area contributed by atoms with Crippen molar-refractivity contribution in [3.05, 3.63) is 0 Å². The van der Waals surface area contributed by atoms with E-state index >= 15 is 0 Å². The van der Waals surface area contributed by atoms with Crippen LogP contribution >= 0.6 is 0 Å². The first-order chi connectivity index (χ1) is 7.79. The van der Waals surface area contributed by atoms with Gasteiger partial charge in [-0.15, -0.1) is 0 Å². The van der Waals surface area contributed by atoms with Gasteiger partial charge in [0.05, 0.1) is 12.7 Å². The number of likely N-dealkylation sites (tertiary alicyclic amines) is 1. The van der Waals surface area contributed by atoms with Crippen molar-refractivity contribution in [2.45, 2.75) is 50.7 Å². The number of piperidine rings is 1. The molecule has 0 amide bonds. The maximum absolute atomic E-state index is 9.73. The second-order valence-corrected chi connectivity index (χ2v) is 5.43. The fourth-order valence-electron chi connectivity index (χ4n) is 3.27. The predicted molar refractivity (Wildman–Crippen MR) is 64.4 cm³/mol. The molecule has 0 aromatic heterocycles. The summed E-state index contributed by atoms with van der Waals surface area (Å²) in [7, 11) is 1.79. The average Bonchev–Trinajstić information content (AvgIpc) is 2.30. The summed E-state index contributed by atoms with van der Waals surface area (Å²) in [5, 5.41) is 9.73. The van der Waals surface area contributed by atoms with Crippen molar-refractivity contribution >= 4 is 0 Å². The molecule has 2 aliphatic rings. The third-order valence-corrected chi connectivity index (χ3v) is 4.09. The Labute approximate surface area is 98.8 Å². The van der Waals surface area contributed by atoms with Gasteiger partial charge in [-0.05, 0) is 51.0 Å². The fraction of sp³-hybridized carbons (Fsp3) is 1.00. The lowest BCUT2D eigenvalue weighted by Crippen LogP contribution is -2.46. The molecule has 3 atom stereocenters. The number of ether oxygens (including phenoxy) is 1. The van der Waals surface area contributed by atoms with Crippen LogP contribution < -0.4 is 0 Å². The second-order valence-electron chi connectivity index (χ2n) is 5.43. The molecule has 0 aromatic carbocycles. The molecule has 16 heavy (non-hydrogen) atoms. The van der Waals surface area contributed by atoms with Gasteiger partial charge < -0.3 is 9.84 Å². The van der Waals surface area contributed by atoms with Crippen LogP contribution in [-0.4, -0.2) is 49.0 Å². The molecule has 0 aromatic rings. The van der Waals surface area contributed by atoms with Gasteiger partial charge >= 0.3 is 0 Å². The summed E-state index contributed by atoms with van der Waals surface area (Å²) < 4.78 is 5.26. The molecule has 1 N–H and O–H groups in total. The zero-order chi connectivity index (χ0) is 11.4. The Balaban J connectivity index is 1.83. The third-order valence-electron chi connectivity index (χ3n) is 4.09. The number of methoxy groups -OCH3 is 1. The zero-order valence-electron chi connectivity index (χ0n) is 10.4. The van der Waals surface area contributed by atoms with E-state index in [0.717, 1.165) is 19.4 Å². The smallest absolute Gasteiger partial charge is 0.0555 e. The van der Waals surface area contributed by atoms with Gasteiger partial charge in [-0.3, -0.25) is 4.90 Å². The van der Waals surface area contributed by atoms with Crippen LogP contribution in [0.3, 0.4) is 0 Å². The van der Waals surface area contributed by atoms with Crippen molar-refractivity contribution in [3.63, 3.8) is 0 Å². The monoisotopic (exact) mass is 227 g/mol. The predicted octanol–water partition coefficient (Wildman–Crippen LogP) is 1.65. The molecule has 3 nitrogen and oxygen atoms in total. The van der Waals surface area contributed by atoms with E-state index in [2.05, 4.69) is 4.90 Å². The Morgan fingerprint density at radius 3 is 2.88 bits per heavy atom. The molecule has 2 fully saturated rings. The molecule has 1 aliphatic heterocycles. The van der Waals surface area contributed by atoms with E-state index in [9.17, 15) is 5.11 Å². The minimum Gasteiger partial charge on any atom is -0.393 e. The second kappa shape index (κ2) is 5.99. The minimum atomic E-state index is -0.0541. The molecule has 3 unspecified atom stereocenters. The van der Waals surface area contributed by atoms with Crippen molar-refractivity contribution in [3.8, 4) is 0 Å². The van der Waals surface area contributed by atoms with Crippen LogP contribution in [0.2, 0.25) is 0 Å². The van der Waals surface area contributed by atoms with Crippen LogP contribution in [0.15, 0.2) is 0 Å². The Kier molecular flexibility index (Phi) is 4.62. The summed E-state index contributed by atoms with van der Waals surface area (Å²) in [6, 6.07) is 0.628. The topological polar surface area (TPSA) is 32.7 Å². The zero-order valence-corrected chi connectivity index (χ0v) is 10.4. The van der Waals surface area contributed by atoms with Crippen molar-refractivity contribution in [1.29, 1.82) is 0 Å². The Bertz CT molecular complexity index is 208. The van der Waals surface area contributed by atoms with Gasteiger partial charge in [-0.2, -0.15) is 0 Å². The highest BCUT2D eigenvalue weighted by Crippen LogP contribution is 2.27. The summed E-state index contributed by atoms with van der Waals surface area (Å²) in [6.07, 6.45) is 7.00. The van der Waals surface area contributed by atoms with Crippen molar-refractivity contribution in [1.82, 2.24) is 4.90 Å². The van der Waals surface area contributed by atoms with Crippen LogP contribution in [0.5, 0.6) is 0 Å². The van der Waals surface area contributed by atoms with E-state index in [1.165, 1.54) is 38.8 Å². The largest absolute Gasteiger partial charge is 0.393 e. The molecule has 1 saturated heterocycles. The quantitative estimate of drug-likeness (QED) is 0.795. The van der Waals surface area contributed by atoms with E-state index in [1.54, 1.807) is 7.11 Å². The molecular formula is C13H25NO2. The highest BCUT2D eigenvalue weighted by atomic mass is 16.5. The molecule has 0 spiro atoms. The average molecular weight is 227 g/mol. The van der Waals surface area contributed by atoms with E-state index in [-0.39, 0.29) is 6.10 Å². The first kappa shape index (κ1) is 12.3. The number of hydrogen-bond acceptors (Lipinski definition) is 3. The summed E-state index contributed by atoms with van der Waals surface area (Å²) in [5.41, 5.74) is 0.